The van der Waals surface area contributed by atoms with Crippen LogP contribution >= 0.6 is 0 Å². The zero-order valence-electron chi connectivity index (χ0n) is 13.9. The molecule has 4 rings (SSSR count). The van der Waals surface area contributed by atoms with Gasteiger partial charge in [-0.2, -0.15) is 5.10 Å². The number of hydrogen-bond acceptors (Lipinski definition) is 2. The van der Waals surface area contributed by atoms with Crippen molar-refractivity contribution in [3.63, 3.8) is 0 Å². The van der Waals surface area contributed by atoms with Gasteiger partial charge in [-0.1, -0.05) is 42.5 Å². The lowest BCUT2D eigenvalue weighted by atomic mass is 10.0. The van der Waals surface area contributed by atoms with E-state index in [0.717, 1.165) is 30.5 Å². The van der Waals surface area contributed by atoms with Gasteiger partial charge >= 0.3 is 0 Å². The minimum Gasteiger partial charge on any atom is -0.335 e. The van der Waals surface area contributed by atoms with Crippen LogP contribution in [0.3, 0.4) is 0 Å². The number of nitrogens with zero attached hydrogens (tertiary/aromatic N) is 3. The van der Waals surface area contributed by atoms with Crippen molar-refractivity contribution < 1.29 is 4.79 Å². The maximum atomic E-state index is 12.8. The topological polar surface area (TPSA) is 38.1 Å². The first-order valence-electron chi connectivity index (χ1n) is 8.46. The molecule has 1 saturated heterocycles. The average Bonchev–Trinajstić information content (AvgIpc) is 3.23. The number of aromatic nitrogens is 2. The van der Waals surface area contributed by atoms with Gasteiger partial charge in [-0.05, 0) is 29.2 Å². The Morgan fingerprint density at radius 2 is 2.04 bits per heavy atom. The predicted molar refractivity (Wildman–Crippen MR) is 94.5 cm³/mol. The standard InChI is InChI=1S/C20H21N3O/c1-22-14-18(13-21-22)19-7-4-10-23(19)20(24)12-15-8-9-16-5-2-3-6-17(16)11-15/h2-3,5-6,8-9,11,13-14,19H,4,7,10,12H2,1H3. The molecule has 122 valence electrons. The number of fused-ring (bicyclic) bond motifs is 1. The minimum atomic E-state index is 0.173. The summed E-state index contributed by atoms with van der Waals surface area (Å²) in [5.41, 5.74) is 2.22. The van der Waals surface area contributed by atoms with Crippen LogP contribution in [0.15, 0.2) is 54.9 Å². The smallest absolute Gasteiger partial charge is 0.227 e. The van der Waals surface area contributed by atoms with Crippen molar-refractivity contribution in [2.75, 3.05) is 6.54 Å². The van der Waals surface area contributed by atoms with Crippen LogP contribution in [0, 0.1) is 0 Å². The molecule has 1 fully saturated rings. The maximum Gasteiger partial charge on any atom is 0.227 e. The lowest BCUT2D eigenvalue weighted by molar-refractivity contribution is -0.131. The number of likely N-dealkylation sites (tertiary alicyclic amines) is 1. The highest BCUT2D eigenvalue weighted by molar-refractivity contribution is 5.85. The Kier molecular flexibility index (Phi) is 3.81. The third kappa shape index (κ3) is 2.80. The Morgan fingerprint density at radius 3 is 2.83 bits per heavy atom. The van der Waals surface area contributed by atoms with E-state index in [1.165, 1.54) is 10.8 Å². The summed E-state index contributed by atoms with van der Waals surface area (Å²) < 4.78 is 1.81. The maximum absolute atomic E-state index is 12.8. The van der Waals surface area contributed by atoms with Gasteiger partial charge in [-0.25, -0.2) is 0 Å². The number of amides is 1. The molecule has 0 saturated carbocycles. The van der Waals surface area contributed by atoms with E-state index in [1.807, 2.05) is 36.5 Å². The van der Waals surface area contributed by atoms with Crippen molar-refractivity contribution in [1.82, 2.24) is 14.7 Å². The Hall–Kier alpha value is -2.62. The zero-order valence-corrected chi connectivity index (χ0v) is 13.9. The number of aryl methyl sites for hydroxylation is 1. The first-order chi connectivity index (χ1) is 11.7. The summed E-state index contributed by atoms with van der Waals surface area (Å²) in [4.78, 5) is 14.9. The predicted octanol–water partition coefficient (Wildman–Crippen LogP) is 3.48. The molecule has 1 aliphatic heterocycles. The Balaban J connectivity index is 1.54. The fraction of sp³-hybridized carbons (Fsp3) is 0.300. The normalized spacial score (nSPS) is 17.5. The summed E-state index contributed by atoms with van der Waals surface area (Å²) in [6, 6.07) is 14.7. The summed E-state index contributed by atoms with van der Waals surface area (Å²) in [6.07, 6.45) is 6.44. The number of rotatable bonds is 3. The summed E-state index contributed by atoms with van der Waals surface area (Å²) in [6.45, 7) is 0.839. The molecule has 2 heterocycles. The molecular weight excluding hydrogens is 298 g/mol. The summed E-state index contributed by atoms with van der Waals surface area (Å²) in [7, 11) is 1.92. The van der Waals surface area contributed by atoms with Crippen LogP contribution < -0.4 is 0 Å². The molecule has 0 N–H and O–H groups in total. The second kappa shape index (κ2) is 6.11. The molecule has 24 heavy (non-hydrogen) atoms. The van der Waals surface area contributed by atoms with Gasteiger partial charge in [0.15, 0.2) is 0 Å². The fourth-order valence-corrected chi connectivity index (χ4v) is 3.65. The van der Waals surface area contributed by atoms with Gasteiger partial charge in [0.1, 0.15) is 0 Å². The lowest BCUT2D eigenvalue weighted by Gasteiger charge is -2.24. The van der Waals surface area contributed by atoms with Crippen LogP contribution in [0.4, 0.5) is 0 Å². The van der Waals surface area contributed by atoms with Gasteiger partial charge in [-0.15, -0.1) is 0 Å². The Labute approximate surface area is 141 Å². The molecule has 0 aliphatic carbocycles. The molecule has 4 heteroatoms. The van der Waals surface area contributed by atoms with Gasteiger partial charge < -0.3 is 4.90 Å². The second-order valence-electron chi connectivity index (χ2n) is 6.55. The van der Waals surface area contributed by atoms with Crippen LogP contribution in [-0.2, 0) is 18.3 Å². The van der Waals surface area contributed by atoms with Gasteiger partial charge in [0.2, 0.25) is 5.91 Å². The van der Waals surface area contributed by atoms with Crippen molar-refractivity contribution in [1.29, 1.82) is 0 Å². The quantitative estimate of drug-likeness (QED) is 0.741. The largest absolute Gasteiger partial charge is 0.335 e. The van der Waals surface area contributed by atoms with E-state index in [1.54, 1.807) is 4.68 Å². The molecule has 0 spiro atoms. The Morgan fingerprint density at radius 1 is 1.21 bits per heavy atom. The first-order valence-corrected chi connectivity index (χ1v) is 8.46. The van der Waals surface area contributed by atoms with Crippen LogP contribution in [0.1, 0.15) is 30.0 Å². The van der Waals surface area contributed by atoms with Crippen LogP contribution in [0.5, 0.6) is 0 Å². The summed E-state index contributed by atoms with van der Waals surface area (Å²) in [5, 5.41) is 6.65. The molecule has 1 amide bonds. The van der Waals surface area contributed by atoms with E-state index in [9.17, 15) is 4.79 Å². The van der Waals surface area contributed by atoms with Gasteiger partial charge in [0, 0.05) is 25.4 Å². The highest BCUT2D eigenvalue weighted by atomic mass is 16.2. The van der Waals surface area contributed by atoms with E-state index in [0.29, 0.717) is 6.42 Å². The number of carbonyl (C=O) groups is 1. The van der Waals surface area contributed by atoms with Crippen molar-refractivity contribution in [3.05, 3.63) is 66.0 Å². The van der Waals surface area contributed by atoms with Crippen LogP contribution in [0.25, 0.3) is 10.8 Å². The van der Waals surface area contributed by atoms with E-state index < -0.39 is 0 Å². The summed E-state index contributed by atoms with van der Waals surface area (Å²) in [5.74, 6) is 0.205. The van der Waals surface area contributed by atoms with Crippen LogP contribution in [-0.4, -0.2) is 27.1 Å². The Bertz CT molecular complexity index is 883. The molecule has 1 atom stereocenters. The van der Waals surface area contributed by atoms with Crippen molar-refractivity contribution >= 4 is 16.7 Å². The zero-order chi connectivity index (χ0) is 16.5. The SMILES string of the molecule is Cn1cc(C2CCCN2C(=O)Cc2ccc3ccccc3c2)cn1. The number of carbonyl (C=O) groups excluding carboxylic acids is 1. The molecule has 0 bridgehead atoms. The number of benzene rings is 2. The van der Waals surface area contributed by atoms with E-state index in [-0.39, 0.29) is 11.9 Å². The highest BCUT2D eigenvalue weighted by Gasteiger charge is 2.30. The molecule has 0 radical (unpaired) electrons. The van der Waals surface area contributed by atoms with Crippen molar-refractivity contribution in [2.24, 2.45) is 7.05 Å². The van der Waals surface area contributed by atoms with Gasteiger partial charge in [-0.3, -0.25) is 9.48 Å². The molecular formula is C20H21N3O. The monoisotopic (exact) mass is 319 g/mol. The molecule has 1 unspecified atom stereocenters. The van der Waals surface area contributed by atoms with Crippen molar-refractivity contribution in [3.8, 4) is 0 Å². The second-order valence-corrected chi connectivity index (χ2v) is 6.55. The third-order valence-electron chi connectivity index (χ3n) is 4.85. The molecule has 3 aromatic rings. The number of hydrogen-bond donors (Lipinski definition) is 0. The minimum absolute atomic E-state index is 0.173. The van der Waals surface area contributed by atoms with Gasteiger partial charge in [0.05, 0.1) is 18.7 Å². The third-order valence-corrected chi connectivity index (χ3v) is 4.85. The first kappa shape index (κ1) is 14.9. The van der Waals surface area contributed by atoms with Crippen molar-refractivity contribution in [2.45, 2.75) is 25.3 Å². The summed E-state index contributed by atoms with van der Waals surface area (Å²) >= 11 is 0. The lowest BCUT2D eigenvalue weighted by Crippen LogP contribution is -2.31. The molecule has 1 aromatic heterocycles. The van der Waals surface area contributed by atoms with Crippen LogP contribution in [0.2, 0.25) is 0 Å². The average molecular weight is 319 g/mol. The fourth-order valence-electron chi connectivity index (χ4n) is 3.65. The van der Waals surface area contributed by atoms with E-state index in [4.69, 9.17) is 0 Å². The highest BCUT2D eigenvalue weighted by Crippen LogP contribution is 2.32. The van der Waals surface area contributed by atoms with E-state index >= 15 is 0 Å². The molecule has 1 aliphatic rings. The molecule has 2 aromatic carbocycles. The van der Waals surface area contributed by atoms with Gasteiger partial charge in [0.25, 0.3) is 0 Å². The molecule has 4 nitrogen and oxygen atoms in total. The van der Waals surface area contributed by atoms with E-state index in [2.05, 4.69) is 35.4 Å².